The summed E-state index contributed by atoms with van der Waals surface area (Å²) in [5, 5.41) is 5.81. The molecule has 0 radical (unpaired) electrons. The van der Waals surface area contributed by atoms with E-state index in [1.54, 1.807) is 0 Å². The SMILES string of the molecule is CN(C)CCCN1C(=O)[C@H](CCCNC(=O)OCc2ccccc2)NC(=O)C12CCN(CCc1ccccc1)CC2. The number of nitrogens with one attached hydrogen (secondary N) is 2. The molecule has 2 aromatic carbocycles. The van der Waals surface area contributed by atoms with Crippen LogP contribution in [0.5, 0.6) is 0 Å². The van der Waals surface area contributed by atoms with Gasteiger partial charge in [-0.1, -0.05) is 60.7 Å². The molecule has 2 fully saturated rings. The lowest BCUT2D eigenvalue weighted by molar-refractivity contribution is -0.161. The molecule has 2 N–H and O–H groups in total. The van der Waals surface area contributed by atoms with Crippen LogP contribution in [-0.4, -0.2) is 97.6 Å². The first-order chi connectivity index (χ1) is 19.9. The molecule has 2 heterocycles. The van der Waals surface area contributed by atoms with Crippen LogP contribution in [0, 0.1) is 0 Å². The maximum absolute atomic E-state index is 13.8. The maximum atomic E-state index is 13.8. The van der Waals surface area contributed by atoms with E-state index < -0.39 is 17.7 Å². The molecule has 9 heteroatoms. The average Bonchev–Trinajstić information content (AvgIpc) is 2.99. The van der Waals surface area contributed by atoms with Crippen LogP contribution < -0.4 is 10.6 Å². The molecular formula is C32H45N5O4. The fourth-order valence-electron chi connectivity index (χ4n) is 5.79. The number of piperazine rings is 1. The summed E-state index contributed by atoms with van der Waals surface area (Å²) in [5.41, 5.74) is 1.44. The van der Waals surface area contributed by atoms with Crippen LogP contribution in [0.1, 0.15) is 43.2 Å². The Morgan fingerprint density at radius 1 is 0.976 bits per heavy atom. The average molecular weight is 564 g/mol. The summed E-state index contributed by atoms with van der Waals surface area (Å²) in [6.07, 6.45) is 3.60. The van der Waals surface area contributed by atoms with Crippen molar-refractivity contribution in [2.75, 3.05) is 53.4 Å². The smallest absolute Gasteiger partial charge is 0.407 e. The fraction of sp³-hybridized carbons (Fsp3) is 0.531. The van der Waals surface area contributed by atoms with E-state index in [0.29, 0.717) is 38.8 Å². The number of alkyl carbamates (subject to hydrolysis) is 1. The van der Waals surface area contributed by atoms with Gasteiger partial charge in [-0.15, -0.1) is 0 Å². The van der Waals surface area contributed by atoms with Gasteiger partial charge in [0.2, 0.25) is 11.8 Å². The van der Waals surface area contributed by atoms with Gasteiger partial charge in [0.15, 0.2) is 0 Å². The monoisotopic (exact) mass is 563 g/mol. The lowest BCUT2D eigenvalue weighted by atomic mass is 9.81. The van der Waals surface area contributed by atoms with Gasteiger partial charge in [0.1, 0.15) is 18.2 Å². The molecule has 0 unspecified atom stereocenters. The predicted octanol–water partition coefficient (Wildman–Crippen LogP) is 3.05. The van der Waals surface area contributed by atoms with Gasteiger partial charge in [0.25, 0.3) is 0 Å². The Morgan fingerprint density at radius 3 is 2.29 bits per heavy atom. The number of hydrogen-bond acceptors (Lipinski definition) is 6. The highest BCUT2D eigenvalue weighted by Gasteiger charge is 2.53. The van der Waals surface area contributed by atoms with Crippen molar-refractivity contribution in [2.24, 2.45) is 0 Å². The summed E-state index contributed by atoms with van der Waals surface area (Å²) in [5.74, 6) is -0.0439. The molecule has 2 saturated heterocycles. The molecule has 2 aromatic rings. The van der Waals surface area contributed by atoms with Crippen LogP contribution in [-0.2, 0) is 27.4 Å². The topological polar surface area (TPSA) is 94.2 Å². The second-order valence-corrected chi connectivity index (χ2v) is 11.4. The first-order valence-corrected chi connectivity index (χ1v) is 14.9. The van der Waals surface area contributed by atoms with Crippen LogP contribution in [0.15, 0.2) is 60.7 Å². The molecule has 0 saturated carbocycles. The van der Waals surface area contributed by atoms with Crippen molar-refractivity contribution in [1.29, 1.82) is 0 Å². The molecule has 1 spiro atoms. The van der Waals surface area contributed by atoms with Crippen molar-refractivity contribution in [2.45, 2.75) is 56.7 Å². The summed E-state index contributed by atoms with van der Waals surface area (Å²) in [4.78, 5) is 45.9. The zero-order valence-corrected chi connectivity index (χ0v) is 24.5. The highest BCUT2D eigenvalue weighted by molar-refractivity contribution is 6.00. The lowest BCUT2D eigenvalue weighted by Crippen LogP contribution is -2.73. The number of amides is 3. The Labute approximate surface area is 244 Å². The van der Waals surface area contributed by atoms with E-state index in [1.165, 1.54) is 5.56 Å². The zero-order valence-electron chi connectivity index (χ0n) is 24.5. The number of carbonyl (C=O) groups is 3. The normalized spacial score (nSPS) is 18.9. The fourth-order valence-corrected chi connectivity index (χ4v) is 5.79. The van der Waals surface area contributed by atoms with E-state index in [2.05, 4.69) is 44.7 Å². The third-order valence-corrected chi connectivity index (χ3v) is 8.19. The molecular weight excluding hydrogens is 518 g/mol. The molecule has 2 aliphatic heterocycles. The molecule has 41 heavy (non-hydrogen) atoms. The van der Waals surface area contributed by atoms with Gasteiger partial charge in [-0.2, -0.15) is 0 Å². The van der Waals surface area contributed by atoms with Gasteiger partial charge in [0.05, 0.1) is 0 Å². The van der Waals surface area contributed by atoms with Crippen LogP contribution in [0.4, 0.5) is 4.79 Å². The number of likely N-dealkylation sites (tertiary alicyclic amines) is 1. The van der Waals surface area contributed by atoms with Crippen molar-refractivity contribution < 1.29 is 19.1 Å². The summed E-state index contributed by atoms with van der Waals surface area (Å²) < 4.78 is 5.26. The summed E-state index contributed by atoms with van der Waals surface area (Å²) >= 11 is 0. The molecule has 0 aromatic heterocycles. The standard InChI is InChI=1S/C32H45N5O4/c1-35(2)20-10-21-37-29(38)28(15-9-19-33-31(40)41-25-27-13-7-4-8-14-27)34-30(39)32(37)17-23-36(24-18-32)22-16-26-11-5-3-6-12-26/h3-8,11-14,28H,9-10,15-25H2,1-2H3,(H,33,40)(H,34,39)/t28-/m0/s1. The first-order valence-electron chi connectivity index (χ1n) is 14.9. The van der Waals surface area contributed by atoms with Crippen LogP contribution in [0.3, 0.4) is 0 Å². The third kappa shape index (κ3) is 8.53. The van der Waals surface area contributed by atoms with Crippen LogP contribution >= 0.6 is 0 Å². The number of hydrogen-bond donors (Lipinski definition) is 2. The van der Waals surface area contributed by atoms with Crippen LogP contribution in [0.25, 0.3) is 0 Å². The highest BCUT2D eigenvalue weighted by atomic mass is 16.5. The number of rotatable bonds is 13. The lowest BCUT2D eigenvalue weighted by Gasteiger charge is -2.52. The van der Waals surface area contributed by atoms with E-state index in [0.717, 1.165) is 44.6 Å². The first kappa shape index (κ1) is 30.5. The van der Waals surface area contributed by atoms with Gasteiger partial charge in [0, 0.05) is 32.7 Å². The largest absolute Gasteiger partial charge is 0.445 e. The minimum absolute atomic E-state index is 0.00672. The molecule has 222 valence electrons. The second-order valence-electron chi connectivity index (χ2n) is 11.4. The maximum Gasteiger partial charge on any atom is 0.407 e. The highest BCUT2D eigenvalue weighted by Crippen LogP contribution is 2.34. The van der Waals surface area contributed by atoms with Gasteiger partial charge in [-0.05, 0) is 70.3 Å². The van der Waals surface area contributed by atoms with Crippen molar-refractivity contribution in [3.63, 3.8) is 0 Å². The molecule has 3 amide bonds. The van der Waals surface area contributed by atoms with Gasteiger partial charge in [-0.25, -0.2) is 4.79 Å². The number of nitrogens with zero attached hydrogens (tertiary/aromatic N) is 3. The van der Waals surface area contributed by atoms with Gasteiger partial charge in [-0.3, -0.25) is 9.59 Å². The molecule has 0 aliphatic carbocycles. The van der Waals surface area contributed by atoms with E-state index in [9.17, 15) is 14.4 Å². The Morgan fingerprint density at radius 2 is 1.63 bits per heavy atom. The van der Waals surface area contributed by atoms with E-state index in [4.69, 9.17) is 4.74 Å². The Balaban J connectivity index is 1.29. The molecule has 9 nitrogen and oxygen atoms in total. The summed E-state index contributed by atoms with van der Waals surface area (Å²) in [6.45, 7) is 4.51. The molecule has 1 atom stereocenters. The third-order valence-electron chi connectivity index (χ3n) is 8.19. The van der Waals surface area contributed by atoms with Gasteiger partial charge >= 0.3 is 6.09 Å². The van der Waals surface area contributed by atoms with E-state index >= 15 is 0 Å². The van der Waals surface area contributed by atoms with Crippen molar-refractivity contribution in [3.05, 3.63) is 71.8 Å². The predicted molar refractivity (Wildman–Crippen MR) is 159 cm³/mol. The van der Waals surface area contributed by atoms with E-state index in [-0.39, 0.29) is 18.4 Å². The minimum atomic E-state index is -0.789. The number of carbonyl (C=O) groups excluding carboxylic acids is 3. The van der Waals surface area contributed by atoms with Crippen molar-refractivity contribution in [1.82, 2.24) is 25.3 Å². The van der Waals surface area contributed by atoms with Crippen molar-refractivity contribution >= 4 is 17.9 Å². The number of ether oxygens (including phenoxy) is 1. The summed E-state index contributed by atoms with van der Waals surface area (Å²) in [7, 11) is 4.04. The quantitative estimate of drug-likeness (QED) is 0.364. The van der Waals surface area contributed by atoms with Gasteiger partial charge < -0.3 is 30.1 Å². The van der Waals surface area contributed by atoms with Crippen LogP contribution in [0.2, 0.25) is 0 Å². The van der Waals surface area contributed by atoms with E-state index in [1.807, 2.05) is 55.4 Å². The Kier molecular flexibility index (Phi) is 11.2. The second kappa shape index (κ2) is 15.0. The zero-order chi connectivity index (χ0) is 29.1. The number of piperidine rings is 1. The molecule has 4 rings (SSSR count). The summed E-state index contributed by atoms with van der Waals surface area (Å²) in [6, 6.07) is 19.4. The molecule has 2 aliphatic rings. The Hall–Kier alpha value is -3.43. The Bertz CT molecular complexity index is 1120. The van der Waals surface area contributed by atoms with Crippen molar-refractivity contribution in [3.8, 4) is 0 Å². The molecule has 0 bridgehead atoms. The number of benzene rings is 2. The minimum Gasteiger partial charge on any atom is -0.445 e.